The number of nitrogens with one attached hydrogen (secondary N) is 1. The maximum atomic E-state index is 14.0. The van der Waals surface area contributed by atoms with Crippen LogP contribution in [0.5, 0.6) is 0 Å². The second kappa shape index (κ2) is 12.0. The molecule has 0 spiro atoms. The van der Waals surface area contributed by atoms with Crippen LogP contribution in [0.4, 0.5) is 5.69 Å². The molecule has 7 heteroatoms. The lowest BCUT2D eigenvalue weighted by molar-refractivity contribution is -0.142. The van der Waals surface area contributed by atoms with E-state index in [0.717, 1.165) is 37.7 Å². The van der Waals surface area contributed by atoms with Crippen LogP contribution in [0.3, 0.4) is 0 Å². The number of aromatic nitrogens is 1. The lowest BCUT2D eigenvalue weighted by Crippen LogP contribution is -2.50. The number of Topliss-reactive ketones (excluding diaryl/α,β-unsaturated/α-hetero) is 1. The predicted molar refractivity (Wildman–Crippen MR) is 143 cm³/mol. The molecule has 4 rings (SSSR count). The van der Waals surface area contributed by atoms with Crippen LogP contribution < -0.4 is 10.2 Å². The summed E-state index contributed by atoms with van der Waals surface area (Å²) in [5.41, 5.74) is 2.09. The molecule has 1 aliphatic heterocycles. The summed E-state index contributed by atoms with van der Waals surface area (Å²) in [6.07, 6.45) is 9.71. The van der Waals surface area contributed by atoms with Crippen molar-refractivity contribution in [2.75, 3.05) is 18.1 Å². The highest BCUT2D eigenvalue weighted by atomic mass is 16.5. The molecule has 2 amide bonds. The first kappa shape index (κ1) is 27.0. The third kappa shape index (κ3) is 6.63. The molecule has 2 aromatic rings. The Kier molecular flexibility index (Phi) is 8.75. The number of benzene rings is 1. The summed E-state index contributed by atoms with van der Waals surface area (Å²) in [4.78, 5) is 46.9. The van der Waals surface area contributed by atoms with Gasteiger partial charge in [-0.2, -0.15) is 0 Å². The van der Waals surface area contributed by atoms with Crippen LogP contribution in [0, 0.1) is 5.92 Å². The number of hydrogen-bond donors (Lipinski definition) is 1. The Morgan fingerprint density at radius 3 is 2.32 bits per heavy atom. The van der Waals surface area contributed by atoms with Gasteiger partial charge in [-0.3, -0.25) is 24.3 Å². The van der Waals surface area contributed by atoms with E-state index in [9.17, 15) is 14.4 Å². The molecule has 7 nitrogen and oxygen atoms in total. The number of nitrogens with zero attached hydrogens (tertiary/aromatic N) is 2. The fraction of sp³-hybridized carbons (Fsp3) is 0.533. The fourth-order valence-corrected chi connectivity index (χ4v) is 5.23. The first-order valence-corrected chi connectivity index (χ1v) is 13.5. The van der Waals surface area contributed by atoms with Crippen molar-refractivity contribution in [3.63, 3.8) is 0 Å². The second-order valence-corrected chi connectivity index (χ2v) is 11.3. The Balaban J connectivity index is 1.75. The molecule has 37 heavy (non-hydrogen) atoms. The molecule has 1 saturated carbocycles. The van der Waals surface area contributed by atoms with Gasteiger partial charge >= 0.3 is 0 Å². The molecule has 198 valence electrons. The SMILES string of the molecule is CC(C)(C)c1ccc(N(C(=O)C(=O)C2CCCOC2)C(C(=O)NC2CCCCC2)c2cccnc2)cc1. The van der Waals surface area contributed by atoms with Gasteiger partial charge in [-0.05, 0) is 54.9 Å². The molecule has 2 unspecified atom stereocenters. The maximum absolute atomic E-state index is 14.0. The van der Waals surface area contributed by atoms with Crippen LogP contribution >= 0.6 is 0 Å². The average molecular weight is 506 g/mol. The Morgan fingerprint density at radius 1 is 1.00 bits per heavy atom. The predicted octanol–water partition coefficient (Wildman–Crippen LogP) is 4.90. The topological polar surface area (TPSA) is 88.6 Å². The van der Waals surface area contributed by atoms with Gasteiger partial charge in [0.2, 0.25) is 11.7 Å². The first-order chi connectivity index (χ1) is 17.8. The van der Waals surface area contributed by atoms with Crippen molar-refractivity contribution in [1.29, 1.82) is 0 Å². The quantitative estimate of drug-likeness (QED) is 0.541. The van der Waals surface area contributed by atoms with E-state index in [2.05, 4.69) is 31.1 Å². The molecule has 2 heterocycles. The molecule has 0 bridgehead atoms. The van der Waals surface area contributed by atoms with Crippen molar-refractivity contribution in [2.45, 2.75) is 83.2 Å². The summed E-state index contributed by atoms with van der Waals surface area (Å²) in [5, 5.41) is 3.18. The number of rotatable bonds is 7. The van der Waals surface area contributed by atoms with E-state index in [4.69, 9.17) is 4.74 Å². The summed E-state index contributed by atoms with van der Waals surface area (Å²) in [6, 6.07) is 10.2. The van der Waals surface area contributed by atoms with Crippen LogP contribution in [0.25, 0.3) is 0 Å². The zero-order chi connectivity index (χ0) is 26.4. The van der Waals surface area contributed by atoms with Crippen LogP contribution in [-0.2, 0) is 24.5 Å². The third-order valence-corrected chi connectivity index (χ3v) is 7.43. The zero-order valence-electron chi connectivity index (χ0n) is 22.2. The molecular weight excluding hydrogens is 466 g/mol. The molecule has 1 N–H and O–H groups in total. The third-order valence-electron chi connectivity index (χ3n) is 7.43. The van der Waals surface area contributed by atoms with E-state index in [-0.39, 0.29) is 24.0 Å². The van der Waals surface area contributed by atoms with Crippen molar-refractivity contribution >= 4 is 23.3 Å². The molecule has 1 aromatic heterocycles. The number of ether oxygens (including phenoxy) is 1. The molecule has 2 fully saturated rings. The monoisotopic (exact) mass is 505 g/mol. The second-order valence-electron chi connectivity index (χ2n) is 11.3. The fourth-order valence-electron chi connectivity index (χ4n) is 5.23. The van der Waals surface area contributed by atoms with Gasteiger partial charge in [0.1, 0.15) is 6.04 Å². The molecule has 0 radical (unpaired) electrons. The van der Waals surface area contributed by atoms with E-state index < -0.39 is 23.7 Å². The lowest BCUT2D eigenvalue weighted by Gasteiger charge is -2.34. The number of carbonyl (C=O) groups excluding carboxylic acids is 3. The highest BCUT2D eigenvalue weighted by Crippen LogP contribution is 2.32. The number of pyridine rings is 1. The number of carbonyl (C=O) groups is 3. The Bertz CT molecular complexity index is 1070. The summed E-state index contributed by atoms with van der Waals surface area (Å²) >= 11 is 0. The van der Waals surface area contributed by atoms with Gasteiger partial charge in [-0.25, -0.2) is 0 Å². The number of anilines is 1. The van der Waals surface area contributed by atoms with E-state index >= 15 is 0 Å². The Morgan fingerprint density at radius 2 is 1.73 bits per heavy atom. The van der Waals surface area contributed by atoms with Crippen LogP contribution in [0.1, 0.15) is 82.9 Å². The van der Waals surface area contributed by atoms with Crippen molar-refractivity contribution in [2.24, 2.45) is 5.92 Å². The molecule has 2 aliphatic rings. The number of amides is 2. The number of ketones is 1. The summed E-state index contributed by atoms with van der Waals surface area (Å²) in [7, 11) is 0. The zero-order valence-corrected chi connectivity index (χ0v) is 22.2. The first-order valence-electron chi connectivity index (χ1n) is 13.5. The van der Waals surface area contributed by atoms with E-state index in [0.29, 0.717) is 24.3 Å². The highest BCUT2D eigenvalue weighted by Gasteiger charge is 2.39. The minimum absolute atomic E-state index is 0.0584. The van der Waals surface area contributed by atoms with Gasteiger partial charge in [-0.15, -0.1) is 0 Å². The molecular formula is C30H39N3O4. The van der Waals surface area contributed by atoms with Crippen molar-refractivity contribution in [3.05, 3.63) is 59.9 Å². The number of hydrogen-bond acceptors (Lipinski definition) is 5. The van der Waals surface area contributed by atoms with Gasteiger partial charge < -0.3 is 10.1 Å². The molecule has 2 atom stereocenters. The van der Waals surface area contributed by atoms with Gasteiger partial charge in [0.15, 0.2) is 0 Å². The smallest absolute Gasteiger partial charge is 0.295 e. The largest absolute Gasteiger partial charge is 0.381 e. The molecule has 1 aromatic carbocycles. The maximum Gasteiger partial charge on any atom is 0.295 e. The van der Waals surface area contributed by atoms with E-state index in [1.54, 1.807) is 24.5 Å². The Hall–Kier alpha value is -3.06. The van der Waals surface area contributed by atoms with Gasteiger partial charge in [0.25, 0.3) is 5.91 Å². The molecule has 1 saturated heterocycles. The summed E-state index contributed by atoms with van der Waals surface area (Å²) in [5.74, 6) is -2.00. The average Bonchev–Trinajstić information content (AvgIpc) is 2.92. The van der Waals surface area contributed by atoms with Crippen molar-refractivity contribution in [1.82, 2.24) is 10.3 Å². The minimum Gasteiger partial charge on any atom is -0.381 e. The van der Waals surface area contributed by atoms with Crippen LogP contribution in [0.2, 0.25) is 0 Å². The van der Waals surface area contributed by atoms with Crippen LogP contribution in [-0.4, -0.2) is 41.8 Å². The standard InChI is InChI=1S/C30H39N3O4/c1-30(2,3)23-13-15-25(16-14-23)33(29(36)27(34)22-10-8-18-37-20-22)26(21-9-7-17-31-19-21)28(35)32-24-11-5-4-6-12-24/h7,9,13-17,19,22,24,26H,4-6,8,10-12,18,20H2,1-3H3,(H,32,35). The Labute approximate surface area is 220 Å². The van der Waals surface area contributed by atoms with Crippen molar-refractivity contribution < 1.29 is 19.1 Å². The summed E-state index contributed by atoms with van der Waals surface area (Å²) < 4.78 is 5.50. The van der Waals surface area contributed by atoms with Gasteiger partial charge in [0, 0.05) is 36.3 Å². The normalized spacial score (nSPS) is 19.6. The molecule has 1 aliphatic carbocycles. The van der Waals surface area contributed by atoms with E-state index in [1.165, 1.54) is 11.3 Å². The lowest BCUT2D eigenvalue weighted by atomic mass is 9.87. The summed E-state index contributed by atoms with van der Waals surface area (Å²) in [6.45, 7) is 7.18. The van der Waals surface area contributed by atoms with Gasteiger partial charge in [-0.1, -0.05) is 58.2 Å². The highest BCUT2D eigenvalue weighted by molar-refractivity contribution is 6.42. The van der Waals surface area contributed by atoms with Gasteiger partial charge in [0.05, 0.1) is 12.5 Å². The van der Waals surface area contributed by atoms with Crippen molar-refractivity contribution in [3.8, 4) is 0 Å². The minimum atomic E-state index is -1.02. The van der Waals surface area contributed by atoms with Crippen LogP contribution in [0.15, 0.2) is 48.8 Å². The van der Waals surface area contributed by atoms with E-state index in [1.807, 2.05) is 24.3 Å².